The molecule has 3 N–H and O–H groups in total. The highest BCUT2D eigenvalue weighted by Gasteiger charge is 2.24. The van der Waals surface area contributed by atoms with Crippen LogP contribution < -0.4 is 15.8 Å². The van der Waals surface area contributed by atoms with Crippen LogP contribution in [-0.2, 0) is 17.9 Å². The second-order valence-electron chi connectivity index (χ2n) is 7.96. The Hall–Kier alpha value is -2.94. The third-order valence-electron chi connectivity index (χ3n) is 5.53. The second kappa shape index (κ2) is 10.8. The minimum absolute atomic E-state index is 0.121. The molecule has 0 spiro atoms. The predicted molar refractivity (Wildman–Crippen MR) is 129 cm³/mol. The molecule has 0 aliphatic carbocycles. The SMILES string of the molecule is NC(=O)C1CCCN(Cc2ccccc2NC(=O)c2csc(COc3ccc(Cl)cc3)n2)C1. The number of thiazole rings is 1. The molecule has 1 aromatic heterocycles. The van der Waals surface area contributed by atoms with E-state index < -0.39 is 0 Å². The van der Waals surface area contributed by atoms with Gasteiger partial charge in [-0.3, -0.25) is 14.5 Å². The first-order valence-corrected chi connectivity index (χ1v) is 12.0. The van der Waals surface area contributed by atoms with Gasteiger partial charge in [0.25, 0.3) is 5.91 Å². The van der Waals surface area contributed by atoms with E-state index >= 15 is 0 Å². The summed E-state index contributed by atoms with van der Waals surface area (Å²) < 4.78 is 5.71. The van der Waals surface area contributed by atoms with Gasteiger partial charge in [0.2, 0.25) is 5.91 Å². The molecular formula is C24H25ClN4O3S. The van der Waals surface area contributed by atoms with E-state index in [1.165, 1.54) is 11.3 Å². The number of primary amides is 1. The summed E-state index contributed by atoms with van der Waals surface area (Å²) in [7, 11) is 0. The Balaban J connectivity index is 1.37. The van der Waals surface area contributed by atoms with Crippen LogP contribution >= 0.6 is 22.9 Å². The molecule has 1 aliphatic rings. The maximum atomic E-state index is 12.8. The van der Waals surface area contributed by atoms with E-state index in [1.807, 2.05) is 24.3 Å². The summed E-state index contributed by atoms with van der Waals surface area (Å²) in [5, 5.41) is 6.04. The molecule has 3 aromatic rings. The summed E-state index contributed by atoms with van der Waals surface area (Å²) >= 11 is 7.26. The highest BCUT2D eigenvalue weighted by molar-refractivity contribution is 7.09. The molecule has 2 heterocycles. The lowest BCUT2D eigenvalue weighted by atomic mass is 9.97. The standard InChI is InChI=1S/C24H25ClN4O3S/c25-18-7-9-19(10-8-18)32-14-22-27-21(15-33-22)24(31)28-20-6-2-1-4-16(20)12-29-11-3-5-17(13-29)23(26)30/h1-2,4,6-10,15,17H,3,5,11-14H2,(H2,26,30)(H,28,31). The van der Waals surface area contributed by atoms with Crippen molar-refractivity contribution in [3.63, 3.8) is 0 Å². The lowest BCUT2D eigenvalue weighted by Gasteiger charge is -2.31. The third kappa shape index (κ3) is 6.31. The van der Waals surface area contributed by atoms with Gasteiger partial charge >= 0.3 is 0 Å². The number of piperidine rings is 1. The van der Waals surface area contributed by atoms with Gasteiger partial charge in [0.15, 0.2) is 0 Å². The average molecular weight is 485 g/mol. The van der Waals surface area contributed by atoms with E-state index in [-0.39, 0.29) is 24.3 Å². The van der Waals surface area contributed by atoms with Gasteiger partial charge in [-0.25, -0.2) is 4.98 Å². The number of hydrogen-bond donors (Lipinski definition) is 2. The number of nitrogens with two attached hydrogens (primary N) is 1. The molecule has 33 heavy (non-hydrogen) atoms. The summed E-state index contributed by atoms with van der Waals surface area (Å²) in [5.41, 5.74) is 7.56. The van der Waals surface area contributed by atoms with Crippen molar-refractivity contribution in [3.8, 4) is 5.75 Å². The topological polar surface area (TPSA) is 97.6 Å². The first-order chi connectivity index (χ1) is 16.0. The fourth-order valence-electron chi connectivity index (χ4n) is 3.80. The van der Waals surface area contributed by atoms with Crippen molar-refractivity contribution < 1.29 is 14.3 Å². The quantitative estimate of drug-likeness (QED) is 0.496. The lowest BCUT2D eigenvalue weighted by Crippen LogP contribution is -2.40. The number of benzene rings is 2. The number of nitrogens with zero attached hydrogens (tertiary/aromatic N) is 2. The molecule has 0 radical (unpaired) electrons. The molecule has 2 amide bonds. The molecule has 7 nitrogen and oxygen atoms in total. The smallest absolute Gasteiger partial charge is 0.275 e. The van der Waals surface area contributed by atoms with E-state index in [9.17, 15) is 9.59 Å². The summed E-state index contributed by atoms with van der Waals surface area (Å²) in [5.74, 6) is 0.0422. The van der Waals surface area contributed by atoms with Crippen molar-refractivity contribution in [2.75, 3.05) is 18.4 Å². The maximum absolute atomic E-state index is 12.8. The number of para-hydroxylation sites is 1. The second-order valence-corrected chi connectivity index (χ2v) is 9.34. The monoisotopic (exact) mass is 484 g/mol. The van der Waals surface area contributed by atoms with Crippen LogP contribution in [0.3, 0.4) is 0 Å². The molecule has 1 unspecified atom stereocenters. The molecule has 172 valence electrons. The summed E-state index contributed by atoms with van der Waals surface area (Å²) in [6.45, 7) is 2.44. The van der Waals surface area contributed by atoms with E-state index in [4.69, 9.17) is 22.1 Å². The van der Waals surface area contributed by atoms with E-state index in [1.54, 1.807) is 29.6 Å². The Bertz CT molecular complexity index is 1120. The number of likely N-dealkylation sites (tertiary alicyclic amines) is 1. The van der Waals surface area contributed by atoms with Crippen molar-refractivity contribution in [1.82, 2.24) is 9.88 Å². The normalized spacial score (nSPS) is 16.3. The molecule has 0 saturated carbocycles. The van der Waals surface area contributed by atoms with Crippen LogP contribution in [0.15, 0.2) is 53.9 Å². The summed E-state index contributed by atoms with van der Waals surface area (Å²) in [6.07, 6.45) is 1.76. The Morgan fingerprint density at radius 2 is 2.00 bits per heavy atom. The molecule has 1 fully saturated rings. The lowest BCUT2D eigenvalue weighted by molar-refractivity contribution is -0.123. The molecule has 1 saturated heterocycles. The van der Waals surface area contributed by atoms with Gasteiger partial charge in [-0.1, -0.05) is 29.8 Å². The fourth-order valence-corrected chi connectivity index (χ4v) is 4.61. The number of halogens is 1. The summed E-state index contributed by atoms with van der Waals surface area (Å²) in [6, 6.07) is 14.8. The molecule has 2 aromatic carbocycles. The zero-order chi connectivity index (χ0) is 23.2. The number of carbonyl (C=O) groups excluding carboxylic acids is 2. The van der Waals surface area contributed by atoms with Crippen molar-refractivity contribution in [3.05, 3.63) is 75.2 Å². The van der Waals surface area contributed by atoms with Crippen LogP contribution in [0.2, 0.25) is 5.02 Å². The fraction of sp³-hybridized carbons (Fsp3) is 0.292. The Morgan fingerprint density at radius 3 is 2.79 bits per heavy atom. The number of hydrogen-bond acceptors (Lipinski definition) is 6. The van der Waals surface area contributed by atoms with E-state index in [2.05, 4.69) is 15.2 Å². The van der Waals surface area contributed by atoms with Gasteiger partial charge in [-0.15, -0.1) is 11.3 Å². The average Bonchev–Trinajstić information content (AvgIpc) is 3.29. The first-order valence-electron chi connectivity index (χ1n) is 10.7. The highest BCUT2D eigenvalue weighted by Crippen LogP contribution is 2.23. The van der Waals surface area contributed by atoms with Crippen LogP contribution in [0.5, 0.6) is 5.75 Å². The first kappa shape index (κ1) is 23.2. The summed E-state index contributed by atoms with van der Waals surface area (Å²) in [4.78, 5) is 31.0. The third-order valence-corrected chi connectivity index (χ3v) is 6.60. The Labute approximate surface area is 201 Å². The van der Waals surface area contributed by atoms with Gasteiger partial charge in [0.05, 0.1) is 5.92 Å². The zero-order valence-corrected chi connectivity index (χ0v) is 19.6. The van der Waals surface area contributed by atoms with Gasteiger partial charge in [0, 0.05) is 29.2 Å². The number of ether oxygens (including phenoxy) is 1. The minimum Gasteiger partial charge on any atom is -0.486 e. The maximum Gasteiger partial charge on any atom is 0.275 e. The molecule has 9 heteroatoms. The van der Waals surface area contributed by atoms with Crippen molar-refractivity contribution >= 4 is 40.4 Å². The van der Waals surface area contributed by atoms with Gasteiger partial charge < -0.3 is 15.8 Å². The Morgan fingerprint density at radius 1 is 1.21 bits per heavy atom. The van der Waals surface area contributed by atoms with Crippen LogP contribution in [0.4, 0.5) is 5.69 Å². The largest absolute Gasteiger partial charge is 0.486 e. The molecular weight excluding hydrogens is 460 g/mol. The number of carbonyl (C=O) groups is 2. The minimum atomic E-state index is -0.273. The van der Waals surface area contributed by atoms with Crippen LogP contribution in [0.1, 0.15) is 33.9 Å². The van der Waals surface area contributed by atoms with Crippen molar-refractivity contribution in [1.29, 1.82) is 0 Å². The van der Waals surface area contributed by atoms with Crippen LogP contribution in [-0.4, -0.2) is 34.8 Å². The van der Waals surface area contributed by atoms with E-state index in [0.29, 0.717) is 34.6 Å². The molecule has 4 rings (SSSR count). The number of nitrogens with one attached hydrogen (secondary N) is 1. The Kier molecular flexibility index (Phi) is 7.59. The van der Waals surface area contributed by atoms with Crippen molar-refractivity contribution in [2.24, 2.45) is 11.7 Å². The molecule has 0 bridgehead atoms. The van der Waals surface area contributed by atoms with Crippen molar-refractivity contribution in [2.45, 2.75) is 26.0 Å². The molecule has 1 aliphatic heterocycles. The predicted octanol–water partition coefficient (Wildman–Crippen LogP) is 4.33. The van der Waals surface area contributed by atoms with Gasteiger partial charge in [-0.05, 0) is 55.3 Å². The number of anilines is 1. The number of aromatic nitrogens is 1. The number of amides is 2. The number of rotatable bonds is 8. The highest BCUT2D eigenvalue weighted by atomic mass is 35.5. The zero-order valence-electron chi connectivity index (χ0n) is 18.0. The molecule has 1 atom stereocenters. The van der Waals surface area contributed by atoms with E-state index in [0.717, 1.165) is 30.6 Å². The van der Waals surface area contributed by atoms with Gasteiger partial charge in [0.1, 0.15) is 23.1 Å². The van der Waals surface area contributed by atoms with Crippen LogP contribution in [0, 0.1) is 5.92 Å². The van der Waals surface area contributed by atoms with Gasteiger partial charge in [-0.2, -0.15) is 0 Å². The van der Waals surface area contributed by atoms with Crippen LogP contribution in [0.25, 0.3) is 0 Å².